The lowest BCUT2D eigenvalue weighted by Gasteiger charge is -2.23. The SMILES string of the molecule is CCc1ncnc(N2CCCN(C(=O)c3ccc(F)cc3)CC2)c1F. The minimum atomic E-state index is -0.386. The molecule has 1 fully saturated rings. The average Bonchev–Trinajstić information content (AvgIpc) is 2.88. The molecule has 0 unspecified atom stereocenters. The molecular formula is C18H20F2N4O. The number of benzene rings is 1. The molecule has 1 aliphatic rings. The van der Waals surface area contributed by atoms with Crippen LogP contribution in [0, 0.1) is 11.6 Å². The van der Waals surface area contributed by atoms with Gasteiger partial charge in [0.1, 0.15) is 12.1 Å². The first-order chi connectivity index (χ1) is 12.1. The Balaban J connectivity index is 1.72. The Morgan fingerprint density at radius 1 is 1.08 bits per heavy atom. The van der Waals surface area contributed by atoms with Gasteiger partial charge in [-0.15, -0.1) is 0 Å². The van der Waals surface area contributed by atoms with E-state index in [2.05, 4.69) is 9.97 Å². The lowest BCUT2D eigenvalue weighted by molar-refractivity contribution is 0.0767. The Kier molecular flexibility index (Phi) is 5.21. The summed E-state index contributed by atoms with van der Waals surface area (Å²) in [6.07, 6.45) is 2.59. The first-order valence-electron chi connectivity index (χ1n) is 8.39. The summed E-state index contributed by atoms with van der Waals surface area (Å²) in [5.74, 6) is -0.602. The molecule has 5 nitrogen and oxygen atoms in total. The zero-order chi connectivity index (χ0) is 17.8. The monoisotopic (exact) mass is 346 g/mol. The van der Waals surface area contributed by atoms with Gasteiger partial charge in [0.05, 0.1) is 5.69 Å². The highest BCUT2D eigenvalue weighted by Crippen LogP contribution is 2.20. The van der Waals surface area contributed by atoms with Crippen molar-refractivity contribution in [3.05, 3.63) is 53.5 Å². The van der Waals surface area contributed by atoms with Crippen LogP contribution in [0.5, 0.6) is 0 Å². The Morgan fingerprint density at radius 3 is 2.56 bits per heavy atom. The molecule has 0 aliphatic carbocycles. The van der Waals surface area contributed by atoms with Crippen LogP contribution in [0.2, 0.25) is 0 Å². The minimum Gasteiger partial charge on any atom is -0.352 e. The molecule has 0 bridgehead atoms. The lowest BCUT2D eigenvalue weighted by Crippen LogP contribution is -2.35. The molecule has 0 radical (unpaired) electrons. The van der Waals surface area contributed by atoms with Crippen molar-refractivity contribution in [3.8, 4) is 0 Å². The summed E-state index contributed by atoms with van der Waals surface area (Å²) in [7, 11) is 0. The summed E-state index contributed by atoms with van der Waals surface area (Å²) >= 11 is 0. The Morgan fingerprint density at radius 2 is 1.84 bits per heavy atom. The molecule has 7 heteroatoms. The lowest BCUT2D eigenvalue weighted by atomic mass is 10.2. The fourth-order valence-corrected chi connectivity index (χ4v) is 2.97. The molecule has 1 aliphatic heterocycles. The molecule has 25 heavy (non-hydrogen) atoms. The van der Waals surface area contributed by atoms with E-state index in [0.717, 1.165) is 0 Å². The van der Waals surface area contributed by atoms with Crippen LogP contribution in [-0.4, -0.2) is 47.0 Å². The normalized spacial score (nSPS) is 15.2. The van der Waals surface area contributed by atoms with Crippen LogP contribution in [0.15, 0.2) is 30.6 Å². The second-order valence-corrected chi connectivity index (χ2v) is 5.95. The zero-order valence-electron chi connectivity index (χ0n) is 14.1. The van der Waals surface area contributed by atoms with Gasteiger partial charge in [0.15, 0.2) is 11.6 Å². The quantitative estimate of drug-likeness (QED) is 0.857. The van der Waals surface area contributed by atoms with Crippen LogP contribution in [0.3, 0.4) is 0 Å². The van der Waals surface area contributed by atoms with Crippen LogP contribution in [0.1, 0.15) is 29.4 Å². The topological polar surface area (TPSA) is 49.3 Å². The van der Waals surface area contributed by atoms with Crippen molar-refractivity contribution in [2.24, 2.45) is 0 Å². The van der Waals surface area contributed by atoms with Gasteiger partial charge in [-0.05, 0) is 37.1 Å². The predicted octanol–water partition coefficient (Wildman–Crippen LogP) is 2.67. The van der Waals surface area contributed by atoms with Gasteiger partial charge in [-0.1, -0.05) is 6.92 Å². The van der Waals surface area contributed by atoms with Crippen molar-refractivity contribution in [1.82, 2.24) is 14.9 Å². The van der Waals surface area contributed by atoms with Crippen molar-refractivity contribution < 1.29 is 13.6 Å². The van der Waals surface area contributed by atoms with Crippen LogP contribution in [0.25, 0.3) is 0 Å². The third-order valence-corrected chi connectivity index (χ3v) is 4.35. The van der Waals surface area contributed by atoms with E-state index in [4.69, 9.17) is 0 Å². The first kappa shape index (κ1) is 17.3. The fraction of sp³-hybridized carbons (Fsp3) is 0.389. The number of carbonyl (C=O) groups is 1. The molecule has 1 saturated heterocycles. The van der Waals surface area contributed by atoms with E-state index >= 15 is 0 Å². The van der Waals surface area contributed by atoms with Crippen LogP contribution in [0.4, 0.5) is 14.6 Å². The zero-order valence-corrected chi connectivity index (χ0v) is 14.1. The van der Waals surface area contributed by atoms with Gasteiger partial charge < -0.3 is 9.80 Å². The van der Waals surface area contributed by atoms with Crippen molar-refractivity contribution in [2.45, 2.75) is 19.8 Å². The van der Waals surface area contributed by atoms with E-state index in [1.54, 1.807) is 4.90 Å². The van der Waals surface area contributed by atoms with Crippen molar-refractivity contribution in [1.29, 1.82) is 0 Å². The molecule has 2 aromatic rings. The number of amides is 1. The van der Waals surface area contributed by atoms with Gasteiger partial charge in [-0.3, -0.25) is 4.79 Å². The molecule has 0 spiro atoms. The molecule has 0 N–H and O–H groups in total. The van der Waals surface area contributed by atoms with Gasteiger partial charge in [-0.25, -0.2) is 18.7 Å². The largest absolute Gasteiger partial charge is 0.352 e. The maximum Gasteiger partial charge on any atom is 0.253 e. The summed E-state index contributed by atoms with van der Waals surface area (Å²) < 4.78 is 27.5. The van der Waals surface area contributed by atoms with Gasteiger partial charge in [0.2, 0.25) is 0 Å². The van der Waals surface area contributed by atoms with E-state index in [-0.39, 0.29) is 17.5 Å². The molecule has 0 saturated carbocycles. The number of hydrogen-bond donors (Lipinski definition) is 0. The standard InChI is InChI=1S/C18H20F2N4O/c1-2-15-16(20)17(22-12-21-15)23-8-3-9-24(11-10-23)18(25)13-4-6-14(19)7-5-13/h4-7,12H,2-3,8-11H2,1H3. The highest BCUT2D eigenvalue weighted by Gasteiger charge is 2.23. The Bertz CT molecular complexity index is 751. The summed E-state index contributed by atoms with van der Waals surface area (Å²) in [5, 5.41) is 0. The average molecular weight is 346 g/mol. The van der Waals surface area contributed by atoms with E-state index in [1.807, 2.05) is 11.8 Å². The number of aromatic nitrogens is 2. The third-order valence-electron chi connectivity index (χ3n) is 4.35. The number of rotatable bonds is 3. The summed E-state index contributed by atoms with van der Waals surface area (Å²) in [6.45, 7) is 3.98. The van der Waals surface area contributed by atoms with Crippen LogP contribution in [-0.2, 0) is 6.42 Å². The van der Waals surface area contributed by atoms with E-state index in [9.17, 15) is 13.6 Å². The van der Waals surface area contributed by atoms with Gasteiger partial charge in [0, 0.05) is 31.7 Å². The second-order valence-electron chi connectivity index (χ2n) is 5.95. The number of carbonyl (C=O) groups excluding carboxylic acids is 1. The summed E-state index contributed by atoms with van der Waals surface area (Å²) in [6, 6.07) is 5.52. The van der Waals surface area contributed by atoms with Crippen LogP contribution < -0.4 is 4.90 Å². The number of anilines is 1. The molecule has 1 amide bonds. The van der Waals surface area contributed by atoms with Gasteiger partial charge >= 0.3 is 0 Å². The number of hydrogen-bond acceptors (Lipinski definition) is 4. The predicted molar refractivity (Wildman–Crippen MR) is 90.5 cm³/mol. The minimum absolute atomic E-state index is 0.140. The van der Waals surface area contributed by atoms with E-state index < -0.39 is 0 Å². The van der Waals surface area contributed by atoms with Gasteiger partial charge in [-0.2, -0.15) is 0 Å². The number of aryl methyl sites for hydroxylation is 1. The molecule has 1 aromatic carbocycles. The molecular weight excluding hydrogens is 326 g/mol. The second kappa shape index (κ2) is 7.55. The van der Waals surface area contributed by atoms with Crippen molar-refractivity contribution in [3.63, 3.8) is 0 Å². The number of halogens is 2. The molecule has 2 heterocycles. The molecule has 0 atom stereocenters. The maximum atomic E-state index is 14.5. The van der Waals surface area contributed by atoms with Gasteiger partial charge in [0.25, 0.3) is 5.91 Å². The smallest absolute Gasteiger partial charge is 0.253 e. The van der Waals surface area contributed by atoms with E-state index in [1.165, 1.54) is 30.6 Å². The third kappa shape index (κ3) is 3.75. The fourth-order valence-electron chi connectivity index (χ4n) is 2.97. The van der Waals surface area contributed by atoms with Crippen LogP contribution >= 0.6 is 0 Å². The number of nitrogens with zero attached hydrogens (tertiary/aromatic N) is 4. The van der Waals surface area contributed by atoms with Crippen molar-refractivity contribution in [2.75, 3.05) is 31.1 Å². The summed E-state index contributed by atoms with van der Waals surface area (Å²) in [4.78, 5) is 24.2. The maximum absolute atomic E-state index is 14.5. The summed E-state index contributed by atoms with van der Waals surface area (Å²) in [5.41, 5.74) is 0.852. The highest BCUT2D eigenvalue weighted by molar-refractivity contribution is 5.94. The molecule has 132 valence electrons. The first-order valence-corrected chi connectivity index (χ1v) is 8.39. The Labute approximate surface area is 145 Å². The highest BCUT2D eigenvalue weighted by atomic mass is 19.1. The van der Waals surface area contributed by atoms with E-state index in [0.29, 0.717) is 56.1 Å². The molecule has 1 aromatic heterocycles. The molecule has 3 rings (SSSR count). The Hall–Kier alpha value is -2.57. The van der Waals surface area contributed by atoms with Crippen molar-refractivity contribution >= 4 is 11.7 Å².